The summed E-state index contributed by atoms with van der Waals surface area (Å²) in [5.41, 5.74) is 7.12. The Morgan fingerprint density at radius 1 is 0.909 bits per heavy atom. The molecule has 5 rings (SSSR count). The number of amides is 3. The fourth-order valence-electron chi connectivity index (χ4n) is 4.68. The predicted octanol–water partition coefficient (Wildman–Crippen LogP) is 6.48. The number of hydrogen-bond donors (Lipinski definition) is 3. The second kappa shape index (κ2) is 11.9. The van der Waals surface area contributed by atoms with Crippen LogP contribution < -0.4 is 16.4 Å². The van der Waals surface area contributed by atoms with E-state index in [9.17, 15) is 27.6 Å². The first-order valence-corrected chi connectivity index (χ1v) is 13.9. The quantitative estimate of drug-likeness (QED) is 0.183. The van der Waals surface area contributed by atoms with E-state index in [0.29, 0.717) is 32.8 Å². The summed E-state index contributed by atoms with van der Waals surface area (Å²) in [7, 11) is 0. The fraction of sp³-hybridized carbons (Fsp3) is 0.129. The highest BCUT2D eigenvalue weighted by atomic mass is 79.9. The number of alkyl halides is 3. The monoisotopic (exact) mass is 664 g/mol. The molecular formula is C31H24BrF3N6O3. The Morgan fingerprint density at radius 2 is 1.61 bits per heavy atom. The minimum Gasteiger partial charge on any atom is -0.366 e. The van der Waals surface area contributed by atoms with Gasteiger partial charge in [-0.05, 0) is 67.9 Å². The molecule has 13 heteroatoms. The summed E-state index contributed by atoms with van der Waals surface area (Å²) in [4.78, 5) is 41.5. The van der Waals surface area contributed by atoms with Crippen molar-refractivity contribution in [2.45, 2.75) is 26.6 Å². The number of nitrogens with zero attached hydrogens (tertiary/aromatic N) is 3. The Bertz CT molecular complexity index is 1940. The number of carbonyl (C=O) groups excluding carboxylic acids is 3. The van der Waals surface area contributed by atoms with Gasteiger partial charge in [-0.25, -0.2) is 4.98 Å². The second-order valence-electron chi connectivity index (χ2n) is 9.93. The van der Waals surface area contributed by atoms with Gasteiger partial charge in [-0.1, -0.05) is 40.2 Å². The molecule has 0 aliphatic heterocycles. The Labute approximate surface area is 257 Å². The van der Waals surface area contributed by atoms with Crippen molar-refractivity contribution in [3.8, 4) is 0 Å². The summed E-state index contributed by atoms with van der Waals surface area (Å²) < 4.78 is 42.9. The number of aryl methyl sites for hydroxylation is 1. The third-order valence-electron chi connectivity index (χ3n) is 6.92. The van der Waals surface area contributed by atoms with Gasteiger partial charge >= 0.3 is 6.18 Å². The fourth-order valence-corrected chi connectivity index (χ4v) is 5.04. The highest BCUT2D eigenvalue weighted by Gasteiger charge is 2.34. The molecule has 2 heterocycles. The van der Waals surface area contributed by atoms with Crippen LogP contribution in [-0.4, -0.2) is 32.5 Å². The smallest absolute Gasteiger partial charge is 0.366 e. The van der Waals surface area contributed by atoms with Crippen LogP contribution >= 0.6 is 15.9 Å². The van der Waals surface area contributed by atoms with Crippen LogP contribution in [0, 0.1) is 13.8 Å². The Balaban J connectivity index is 1.35. The molecule has 0 bridgehead atoms. The lowest BCUT2D eigenvalue weighted by atomic mass is 10.1. The van der Waals surface area contributed by atoms with E-state index in [0.717, 1.165) is 11.6 Å². The highest BCUT2D eigenvalue weighted by Crippen LogP contribution is 2.33. The average molecular weight is 665 g/mol. The summed E-state index contributed by atoms with van der Waals surface area (Å²) in [6, 6.07) is 18.4. The number of anilines is 2. The molecule has 0 saturated carbocycles. The van der Waals surface area contributed by atoms with Gasteiger partial charge in [0.1, 0.15) is 5.69 Å². The van der Waals surface area contributed by atoms with Gasteiger partial charge in [0.15, 0.2) is 0 Å². The van der Waals surface area contributed by atoms with Crippen molar-refractivity contribution in [1.82, 2.24) is 14.8 Å². The molecule has 0 spiro atoms. The number of pyridine rings is 1. The van der Waals surface area contributed by atoms with Crippen LogP contribution in [0.3, 0.4) is 0 Å². The van der Waals surface area contributed by atoms with E-state index in [1.54, 1.807) is 73.1 Å². The van der Waals surface area contributed by atoms with Gasteiger partial charge in [-0.15, -0.1) is 0 Å². The van der Waals surface area contributed by atoms with Crippen molar-refractivity contribution in [2.75, 3.05) is 10.6 Å². The van der Waals surface area contributed by atoms with E-state index in [-0.39, 0.29) is 28.6 Å². The number of hydrogen-bond acceptors (Lipinski definition) is 5. The lowest BCUT2D eigenvalue weighted by Gasteiger charge is -2.13. The normalized spacial score (nSPS) is 11.4. The summed E-state index contributed by atoms with van der Waals surface area (Å²) in [6.45, 7) is 3.70. The van der Waals surface area contributed by atoms with E-state index in [1.165, 1.54) is 12.1 Å². The number of benzene rings is 3. The molecule has 0 fully saturated rings. The topological polar surface area (TPSA) is 132 Å². The molecule has 0 aliphatic carbocycles. The second-order valence-corrected chi connectivity index (χ2v) is 10.8. The minimum atomic E-state index is -4.74. The van der Waals surface area contributed by atoms with Crippen molar-refractivity contribution in [1.29, 1.82) is 0 Å². The van der Waals surface area contributed by atoms with E-state index < -0.39 is 29.6 Å². The van der Waals surface area contributed by atoms with Gasteiger partial charge in [-0.3, -0.25) is 19.1 Å². The van der Waals surface area contributed by atoms with Crippen molar-refractivity contribution in [3.05, 3.63) is 117 Å². The third kappa shape index (κ3) is 6.32. The van der Waals surface area contributed by atoms with Gasteiger partial charge < -0.3 is 16.4 Å². The van der Waals surface area contributed by atoms with Gasteiger partial charge in [0.25, 0.3) is 17.7 Å². The Morgan fingerprint density at radius 3 is 2.30 bits per heavy atom. The van der Waals surface area contributed by atoms with Gasteiger partial charge in [0.05, 0.1) is 46.0 Å². The van der Waals surface area contributed by atoms with Crippen molar-refractivity contribution >= 4 is 55.9 Å². The maximum absolute atomic E-state index is 13.6. The summed E-state index contributed by atoms with van der Waals surface area (Å²) >= 11 is 3.30. The number of carbonyl (C=O) groups is 3. The lowest BCUT2D eigenvalue weighted by Crippen LogP contribution is -2.18. The van der Waals surface area contributed by atoms with Crippen molar-refractivity contribution in [3.63, 3.8) is 0 Å². The first-order chi connectivity index (χ1) is 20.8. The zero-order valence-electron chi connectivity index (χ0n) is 23.3. The van der Waals surface area contributed by atoms with Crippen molar-refractivity contribution < 1.29 is 27.6 Å². The molecular weight excluding hydrogens is 641 g/mol. The molecule has 44 heavy (non-hydrogen) atoms. The van der Waals surface area contributed by atoms with Crippen LogP contribution in [0.2, 0.25) is 0 Å². The van der Waals surface area contributed by atoms with Gasteiger partial charge in [0.2, 0.25) is 0 Å². The molecule has 9 nitrogen and oxygen atoms in total. The number of nitrogens with one attached hydrogen (secondary N) is 2. The van der Waals surface area contributed by atoms with Crippen LogP contribution in [-0.2, 0) is 12.7 Å². The number of halogens is 4. The van der Waals surface area contributed by atoms with E-state index in [4.69, 9.17) is 5.73 Å². The molecule has 3 amide bonds. The first-order valence-electron chi connectivity index (χ1n) is 13.1. The maximum atomic E-state index is 13.6. The maximum Gasteiger partial charge on any atom is 0.433 e. The first kappa shape index (κ1) is 30.4. The highest BCUT2D eigenvalue weighted by molar-refractivity contribution is 9.10. The Hall–Kier alpha value is -5.04. The minimum absolute atomic E-state index is 0.0338. The molecule has 224 valence electrons. The van der Waals surface area contributed by atoms with E-state index in [1.807, 2.05) is 0 Å². The molecule has 0 aliphatic rings. The molecule has 4 N–H and O–H groups in total. The van der Waals surface area contributed by atoms with Gasteiger partial charge in [0, 0.05) is 15.4 Å². The summed E-state index contributed by atoms with van der Waals surface area (Å²) in [6.07, 6.45) is -4.74. The largest absolute Gasteiger partial charge is 0.433 e. The number of aromatic nitrogens is 3. The van der Waals surface area contributed by atoms with Crippen LogP contribution in [0.25, 0.3) is 10.9 Å². The van der Waals surface area contributed by atoms with Crippen LogP contribution in [0.1, 0.15) is 53.7 Å². The van der Waals surface area contributed by atoms with Crippen LogP contribution in [0.15, 0.2) is 77.3 Å². The number of rotatable bonds is 7. The number of fused-ring (bicyclic) bond motifs is 1. The van der Waals surface area contributed by atoms with Gasteiger partial charge in [-0.2, -0.15) is 18.3 Å². The van der Waals surface area contributed by atoms with Crippen LogP contribution in [0.5, 0.6) is 0 Å². The van der Waals surface area contributed by atoms with Crippen LogP contribution in [0.4, 0.5) is 24.5 Å². The number of para-hydroxylation sites is 1. The Kier molecular flexibility index (Phi) is 8.24. The molecule has 0 radical (unpaired) electrons. The summed E-state index contributed by atoms with van der Waals surface area (Å²) in [5, 5.41) is 10.2. The molecule has 0 saturated heterocycles. The van der Waals surface area contributed by atoms with E-state index >= 15 is 0 Å². The van der Waals surface area contributed by atoms with E-state index in [2.05, 4.69) is 36.6 Å². The molecule has 5 aromatic rings. The standard InChI is InChI=1S/C31H24BrF3N6O3/c1-16-27(39-30(44)23-14-26(31(33,34)35)37-25-12-11-20(32)13-22(23)25)17(2)41(40-16)15-18-7-9-19(10-8-18)29(43)38-24-6-4-3-5-21(24)28(36)42/h3-14H,15H2,1-2H3,(H2,36,42)(H,38,43)(H,39,44). The van der Waals surface area contributed by atoms with Crippen molar-refractivity contribution in [2.24, 2.45) is 5.73 Å². The SMILES string of the molecule is Cc1nn(Cc2ccc(C(=O)Nc3ccccc3C(N)=O)cc2)c(C)c1NC(=O)c1cc(C(F)(F)F)nc2ccc(Br)cc12. The molecule has 3 aromatic carbocycles. The zero-order valence-corrected chi connectivity index (χ0v) is 24.9. The molecule has 2 aromatic heterocycles. The lowest BCUT2D eigenvalue weighted by molar-refractivity contribution is -0.141. The summed E-state index contributed by atoms with van der Waals surface area (Å²) in [5.74, 6) is -1.82. The predicted molar refractivity (Wildman–Crippen MR) is 163 cm³/mol. The number of primary amides is 1. The number of nitrogens with two attached hydrogens (primary N) is 1. The zero-order chi connectivity index (χ0) is 31.8. The third-order valence-corrected chi connectivity index (χ3v) is 7.41. The molecule has 0 atom stereocenters. The molecule has 0 unspecified atom stereocenters. The average Bonchev–Trinajstić information content (AvgIpc) is 3.23.